The molecule has 0 aromatic carbocycles. The minimum atomic E-state index is -0.159. The Labute approximate surface area is 118 Å². The number of rotatable bonds is 12. The molecule has 0 aromatic rings. The molecule has 0 saturated carbocycles. The van der Waals surface area contributed by atoms with Gasteiger partial charge < -0.3 is 5.73 Å². The van der Waals surface area contributed by atoms with Crippen molar-refractivity contribution in [2.75, 3.05) is 6.54 Å². The van der Waals surface area contributed by atoms with Crippen molar-refractivity contribution in [3.8, 4) is 0 Å². The van der Waals surface area contributed by atoms with Crippen LogP contribution in [0.25, 0.3) is 0 Å². The number of hydrogen-bond acceptors (Lipinski definition) is 2. The van der Waals surface area contributed by atoms with Gasteiger partial charge in [0.15, 0.2) is 6.54 Å². The van der Waals surface area contributed by atoms with E-state index in [1.165, 1.54) is 44.9 Å². The maximum Gasteiger partial charge on any atom is 0.217 e. The fourth-order valence-corrected chi connectivity index (χ4v) is 1.71. The summed E-state index contributed by atoms with van der Waals surface area (Å²) in [5.41, 5.74) is 5.05. The molecule has 4 heteroatoms. The maximum atomic E-state index is 10.4. The van der Waals surface area contributed by atoms with Crippen LogP contribution in [0.1, 0.15) is 84.5 Å². The lowest BCUT2D eigenvalue weighted by Crippen LogP contribution is -2.63. The summed E-state index contributed by atoms with van der Waals surface area (Å²) in [5, 5.41) is 1.77. The summed E-state index contributed by atoms with van der Waals surface area (Å²) in [6.07, 6.45) is 13.0. The number of nitroso groups, excluding NO2 is 1. The highest BCUT2D eigenvalue weighted by Crippen LogP contribution is 2.10. The number of hydrogen-bond donors (Lipinski definition) is 2. The Hall–Kier alpha value is -0.930. The quantitative estimate of drug-likeness (QED) is 0.536. The summed E-state index contributed by atoms with van der Waals surface area (Å²) < 4.78 is 0. The van der Waals surface area contributed by atoms with E-state index in [9.17, 15) is 9.70 Å². The number of carbonyl (C=O) groups excluding carboxylic acids is 1. The van der Waals surface area contributed by atoms with Crippen LogP contribution < -0.4 is 10.9 Å². The van der Waals surface area contributed by atoms with Crippen molar-refractivity contribution in [1.29, 1.82) is 0 Å². The van der Waals surface area contributed by atoms with Crippen LogP contribution in [0, 0.1) is 4.91 Å². The monoisotopic (exact) mass is 273 g/mol. The summed E-state index contributed by atoms with van der Waals surface area (Å²) in [5.74, 6) is -0.159. The van der Waals surface area contributed by atoms with E-state index in [2.05, 4.69) is 6.92 Å². The fourth-order valence-electron chi connectivity index (χ4n) is 1.71. The van der Waals surface area contributed by atoms with E-state index in [0.29, 0.717) is 13.0 Å². The molecule has 0 heterocycles. The Bertz CT molecular complexity index is 197. The highest BCUT2D eigenvalue weighted by Gasteiger charge is 1.94. The van der Waals surface area contributed by atoms with Crippen LogP contribution in [-0.2, 0) is 4.79 Å². The molecule has 0 fully saturated rings. The maximum absolute atomic E-state index is 10.4. The van der Waals surface area contributed by atoms with Gasteiger partial charge in [-0.05, 0) is 11.6 Å². The second-order valence-corrected chi connectivity index (χ2v) is 4.94. The third kappa shape index (κ3) is 26.6. The van der Waals surface area contributed by atoms with Gasteiger partial charge in [0.05, 0.1) is 0 Å². The topological polar surface area (TPSA) is 74.1 Å². The van der Waals surface area contributed by atoms with Gasteiger partial charge in [0.1, 0.15) is 0 Å². The highest BCUT2D eigenvalue weighted by atomic mass is 16.3. The van der Waals surface area contributed by atoms with E-state index in [1.807, 2.05) is 6.92 Å². The van der Waals surface area contributed by atoms with Gasteiger partial charge in [0.2, 0.25) is 5.91 Å². The molecule has 0 unspecified atom stereocenters. The van der Waals surface area contributed by atoms with Crippen LogP contribution in [-0.4, -0.2) is 12.5 Å². The van der Waals surface area contributed by atoms with Crippen LogP contribution in [0.3, 0.4) is 0 Å². The third-order valence-electron chi connectivity index (χ3n) is 2.88. The van der Waals surface area contributed by atoms with E-state index in [1.54, 1.807) is 5.18 Å². The number of primary amides is 1. The summed E-state index contributed by atoms with van der Waals surface area (Å²) >= 11 is 0. The Morgan fingerprint density at radius 3 is 1.63 bits per heavy atom. The van der Waals surface area contributed by atoms with Gasteiger partial charge in [-0.1, -0.05) is 65.2 Å². The second kappa shape index (κ2) is 19.4. The molecule has 0 bridgehead atoms. The lowest BCUT2D eigenvalue weighted by Gasteiger charge is -2.00. The lowest BCUT2D eigenvalue weighted by molar-refractivity contribution is -0.480. The van der Waals surface area contributed by atoms with Gasteiger partial charge in [-0.25, -0.2) is 0 Å². The van der Waals surface area contributed by atoms with E-state index in [4.69, 9.17) is 5.73 Å². The molecule has 1 amide bonds. The molecule has 0 aliphatic rings. The van der Waals surface area contributed by atoms with E-state index >= 15 is 0 Å². The van der Waals surface area contributed by atoms with Gasteiger partial charge in [0, 0.05) is 17.7 Å². The van der Waals surface area contributed by atoms with Gasteiger partial charge >= 0.3 is 0 Å². The Morgan fingerprint density at radius 2 is 1.32 bits per heavy atom. The Balaban J connectivity index is 0. The molecule has 0 aliphatic heterocycles. The minimum absolute atomic E-state index is 0.159. The molecule has 3 N–H and O–H groups in total. The molecule has 114 valence electrons. The first-order valence-electron chi connectivity index (χ1n) is 7.82. The average molecular weight is 273 g/mol. The predicted octanol–water partition coefficient (Wildman–Crippen LogP) is 2.64. The van der Waals surface area contributed by atoms with Crippen LogP contribution in [0.4, 0.5) is 0 Å². The molecular weight excluding hydrogens is 240 g/mol. The number of nitrogens with one attached hydrogen (secondary N) is 1. The first-order chi connectivity index (χ1) is 9.18. The zero-order valence-corrected chi connectivity index (χ0v) is 12.9. The molecule has 0 rings (SSSR count). The summed E-state index contributed by atoms with van der Waals surface area (Å²) in [6.45, 7) is 4.77. The largest absolute Gasteiger partial charge is 0.370 e. The minimum Gasteiger partial charge on any atom is -0.370 e. The molecule has 0 spiro atoms. The zero-order chi connectivity index (χ0) is 14.8. The van der Waals surface area contributed by atoms with Gasteiger partial charge in [-0.2, -0.15) is 0 Å². The van der Waals surface area contributed by atoms with Crippen LogP contribution in [0.2, 0.25) is 0 Å². The number of nitrogens with two attached hydrogens (primary N) is 1. The summed E-state index contributed by atoms with van der Waals surface area (Å²) in [7, 11) is 0. The standard InChI is InChI=1S/C12H25NO.C3H7NO/c1-2-3-4-5-6-7-8-9-10-11-12(13)14;1-2-3-4-5/h2-11H2,1H3,(H2,13,14);2-3H2,1H3/p+1. The number of carbonyl (C=O) groups is 1. The molecule has 0 aromatic heterocycles. The predicted molar refractivity (Wildman–Crippen MR) is 80.5 cm³/mol. The normalized spacial score (nSPS) is 9.58. The van der Waals surface area contributed by atoms with Crippen molar-refractivity contribution in [1.82, 2.24) is 0 Å². The van der Waals surface area contributed by atoms with Crippen molar-refractivity contribution in [2.45, 2.75) is 84.5 Å². The van der Waals surface area contributed by atoms with Gasteiger partial charge in [0.25, 0.3) is 0 Å². The van der Waals surface area contributed by atoms with Crippen molar-refractivity contribution >= 4 is 5.91 Å². The molecule has 0 saturated heterocycles. The van der Waals surface area contributed by atoms with Crippen LogP contribution in [0.5, 0.6) is 0 Å². The smallest absolute Gasteiger partial charge is 0.217 e. The van der Waals surface area contributed by atoms with Gasteiger partial charge in [-0.3, -0.25) is 4.79 Å². The lowest BCUT2D eigenvalue weighted by atomic mass is 10.1. The zero-order valence-electron chi connectivity index (χ0n) is 12.9. The van der Waals surface area contributed by atoms with Crippen molar-refractivity contribution in [2.24, 2.45) is 5.73 Å². The first kappa shape index (κ1) is 20.4. The molecular formula is C15H33N2O2+. The third-order valence-corrected chi connectivity index (χ3v) is 2.88. The fraction of sp³-hybridized carbons (Fsp3) is 0.933. The molecule has 0 atom stereocenters. The van der Waals surface area contributed by atoms with Crippen molar-refractivity contribution in [3.63, 3.8) is 0 Å². The van der Waals surface area contributed by atoms with E-state index in [0.717, 1.165) is 19.3 Å². The Kier molecular flexibility index (Phi) is 20.8. The van der Waals surface area contributed by atoms with Crippen molar-refractivity contribution in [3.05, 3.63) is 4.91 Å². The molecule has 0 aliphatic carbocycles. The Morgan fingerprint density at radius 1 is 0.842 bits per heavy atom. The highest BCUT2D eigenvalue weighted by molar-refractivity contribution is 5.73. The van der Waals surface area contributed by atoms with Gasteiger partial charge in [-0.15, -0.1) is 0 Å². The molecule has 0 radical (unpaired) electrons. The molecule has 4 nitrogen and oxygen atoms in total. The van der Waals surface area contributed by atoms with E-state index < -0.39 is 0 Å². The van der Waals surface area contributed by atoms with Crippen LogP contribution >= 0.6 is 0 Å². The SMILES string of the molecule is CCCCCCCCCCCC(N)=O.CCC[NH+]=O. The molecule has 19 heavy (non-hydrogen) atoms. The summed E-state index contributed by atoms with van der Waals surface area (Å²) in [4.78, 5) is 19.7. The summed E-state index contributed by atoms with van der Waals surface area (Å²) in [6, 6.07) is 0. The average Bonchev–Trinajstić information content (AvgIpc) is 2.38. The first-order valence-corrected chi connectivity index (χ1v) is 7.82. The van der Waals surface area contributed by atoms with E-state index in [-0.39, 0.29) is 5.91 Å². The number of unbranched alkanes of at least 4 members (excludes halogenated alkanes) is 8. The van der Waals surface area contributed by atoms with Crippen LogP contribution in [0.15, 0.2) is 0 Å². The van der Waals surface area contributed by atoms with Crippen molar-refractivity contribution < 1.29 is 9.97 Å². The number of amides is 1. The second-order valence-electron chi connectivity index (χ2n) is 4.94.